The first-order valence-corrected chi connectivity index (χ1v) is 10.3. The summed E-state index contributed by atoms with van der Waals surface area (Å²) in [6, 6.07) is 9.60. The maximum absolute atomic E-state index is 12.7. The zero-order chi connectivity index (χ0) is 20.2. The molecule has 7 heteroatoms. The number of nitrogens with one attached hydrogen (secondary N) is 1. The lowest BCUT2D eigenvalue weighted by molar-refractivity contribution is -0.135. The third-order valence-electron chi connectivity index (χ3n) is 5.40. The molecule has 2 amide bonds. The predicted molar refractivity (Wildman–Crippen MR) is 106 cm³/mol. The number of hydrogen-bond acceptors (Lipinski definition) is 5. The lowest BCUT2D eigenvalue weighted by atomic mass is 10.1. The first-order valence-electron chi connectivity index (χ1n) is 10.3. The highest BCUT2D eigenvalue weighted by molar-refractivity contribution is 5.92. The van der Waals surface area contributed by atoms with E-state index in [2.05, 4.69) is 10.5 Å². The van der Waals surface area contributed by atoms with Crippen LogP contribution in [0, 0.1) is 12.8 Å². The number of aromatic nitrogens is 1. The Morgan fingerprint density at radius 1 is 1.21 bits per heavy atom. The van der Waals surface area contributed by atoms with Crippen molar-refractivity contribution >= 4 is 11.8 Å². The summed E-state index contributed by atoms with van der Waals surface area (Å²) < 4.78 is 11.0. The van der Waals surface area contributed by atoms with Gasteiger partial charge in [0.05, 0.1) is 12.6 Å². The van der Waals surface area contributed by atoms with E-state index in [1.165, 1.54) is 5.56 Å². The number of carbonyl (C=O) groups excluding carboxylic acids is 2. The third-order valence-corrected chi connectivity index (χ3v) is 5.40. The second-order valence-electron chi connectivity index (χ2n) is 7.97. The van der Waals surface area contributed by atoms with Crippen LogP contribution in [-0.4, -0.2) is 41.1 Å². The first kappa shape index (κ1) is 19.6. The Kier molecular flexibility index (Phi) is 5.94. The summed E-state index contributed by atoms with van der Waals surface area (Å²) in [5, 5.41) is 6.74. The van der Waals surface area contributed by atoms with Crippen molar-refractivity contribution in [3.63, 3.8) is 0 Å². The Morgan fingerprint density at radius 3 is 2.69 bits per heavy atom. The quantitative estimate of drug-likeness (QED) is 0.740. The minimum atomic E-state index is -0.292. The molecule has 1 saturated carbocycles. The summed E-state index contributed by atoms with van der Waals surface area (Å²) in [5.74, 6) is 0.483. The van der Waals surface area contributed by atoms with Gasteiger partial charge in [-0.1, -0.05) is 35.0 Å². The van der Waals surface area contributed by atoms with Crippen molar-refractivity contribution in [1.29, 1.82) is 0 Å². The summed E-state index contributed by atoms with van der Waals surface area (Å²) in [7, 11) is 0. The van der Waals surface area contributed by atoms with Crippen LogP contribution in [0.4, 0.5) is 0 Å². The molecule has 0 bridgehead atoms. The molecular formula is C22H27N3O4. The van der Waals surface area contributed by atoms with Crippen molar-refractivity contribution in [2.45, 2.75) is 51.8 Å². The van der Waals surface area contributed by atoms with Crippen LogP contribution in [0.15, 0.2) is 34.9 Å². The standard InChI is InChI=1S/C22H27N3O4/c1-15-4-6-16(7-5-15)12-23-21(26)20-11-19(29-24-20)14-25(22(27)17-8-9-17)13-18-3-2-10-28-18/h4-7,11,17-18H,2-3,8-10,12-14H2,1H3,(H,23,26). The molecule has 1 unspecified atom stereocenters. The first-order chi connectivity index (χ1) is 14.1. The molecule has 1 atom stereocenters. The fraction of sp³-hybridized carbons (Fsp3) is 0.500. The number of rotatable bonds is 8. The summed E-state index contributed by atoms with van der Waals surface area (Å²) in [4.78, 5) is 26.8. The molecule has 1 aromatic carbocycles. The molecule has 154 valence electrons. The summed E-state index contributed by atoms with van der Waals surface area (Å²) in [6.07, 6.45) is 3.98. The molecule has 1 aliphatic carbocycles. The second-order valence-corrected chi connectivity index (χ2v) is 7.97. The van der Waals surface area contributed by atoms with Crippen molar-refractivity contribution in [1.82, 2.24) is 15.4 Å². The van der Waals surface area contributed by atoms with Gasteiger partial charge in [0.15, 0.2) is 11.5 Å². The molecule has 1 aliphatic heterocycles. The molecule has 4 rings (SSSR count). The second kappa shape index (κ2) is 8.78. The Balaban J connectivity index is 1.35. The predicted octanol–water partition coefficient (Wildman–Crippen LogP) is 2.83. The van der Waals surface area contributed by atoms with Crippen molar-refractivity contribution < 1.29 is 18.8 Å². The molecule has 0 spiro atoms. The maximum atomic E-state index is 12.7. The maximum Gasteiger partial charge on any atom is 0.273 e. The average Bonchev–Trinajstić information content (AvgIpc) is 3.24. The fourth-order valence-electron chi connectivity index (χ4n) is 3.52. The van der Waals surface area contributed by atoms with Gasteiger partial charge in [-0.15, -0.1) is 0 Å². The third kappa shape index (κ3) is 5.23. The normalized spacial score (nSPS) is 18.6. The van der Waals surface area contributed by atoms with Gasteiger partial charge in [-0.3, -0.25) is 9.59 Å². The van der Waals surface area contributed by atoms with Crippen LogP contribution in [0.3, 0.4) is 0 Å². The number of nitrogens with zero attached hydrogens (tertiary/aromatic N) is 2. The minimum Gasteiger partial charge on any atom is -0.376 e. The van der Waals surface area contributed by atoms with Crippen LogP contribution >= 0.6 is 0 Å². The lowest BCUT2D eigenvalue weighted by Gasteiger charge is -2.24. The number of aryl methyl sites for hydroxylation is 1. The molecule has 2 aliphatic rings. The van der Waals surface area contributed by atoms with Crippen LogP contribution in [0.1, 0.15) is 53.1 Å². The van der Waals surface area contributed by atoms with Crippen LogP contribution in [-0.2, 0) is 22.6 Å². The minimum absolute atomic E-state index is 0.0814. The number of benzene rings is 1. The molecule has 2 heterocycles. The van der Waals surface area contributed by atoms with Crippen LogP contribution in [0.2, 0.25) is 0 Å². The van der Waals surface area contributed by atoms with E-state index < -0.39 is 0 Å². The van der Waals surface area contributed by atoms with Gasteiger partial charge < -0.3 is 19.5 Å². The van der Waals surface area contributed by atoms with Gasteiger partial charge >= 0.3 is 0 Å². The van der Waals surface area contributed by atoms with E-state index in [4.69, 9.17) is 9.26 Å². The van der Waals surface area contributed by atoms with Crippen molar-refractivity contribution in [3.05, 3.63) is 52.9 Å². The Labute approximate surface area is 170 Å². The van der Waals surface area contributed by atoms with Crippen LogP contribution in [0.25, 0.3) is 0 Å². The molecule has 1 saturated heterocycles. The van der Waals surface area contributed by atoms with E-state index in [0.29, 0.717) is 25.4 Å². The Hall–Kier alpha value is -2.67. The topological polar surface area (TPSA) is 84.7 Å². The molecule has 2 aromatic rings. The molecular weight excluding hydrogens is 370 g/mol. The monoisotopic (exact) mass is 397 g/mol. The van der Waals surface area contributed by atoms with Crippen LogP contribution < -0.4 is 5.32 Å². The van der Waals surface area contributed by atoms with Gasteiger partial charge in [-0.25, -0.2) is 0 Å². The number of amides is 2. The van der Waals surface area contributed by atoms with Gasteiger partial charge in [-0.05, 0) is 38.2 Å². The Bertz CT molecular complexity index is 851. The highest BCUT2D eigenvalue weighted by Crippen LogP contribution is 2.32. The van der Waals surface area contributed by atoms with E-state index in [-0.39, 0.29) is 29.5 Å². The molecule has 1 N–H and O–H groups in total. The molecule has 7 nitrogen and oxygen atoms in total. The Morgan fingerprint density at radius 2 is 2.00 bits per heavy atom. The highest BCUT2D eigenvalue weighted by atomic mass is 16.5. The van der Waals surface area contributed by atoms with Gasteiger partial charge in [0, 0.05) is 31.7 Å². The van der Waals surface area contributed by atoms with Crippen LogP contribution in [0.5, 0.6) is 0 Å². The zero-order valence-electron chi connectivity index (χ0n) is 16.7. The zero-order valence-corrected chi connectivity index (χ0v) is 16.7. The van der Waals surface area contributed by atoms with E-state index in [0.717, 1.165) is 37.9 Å². The SMILES string of the molecule is Cc1ccc(CNC(=O)c2cc(CN(CC3CCCO3)C(=O)C3CC3)on2)cc1. The molecule has 29 heavy (non-hydrogen) atoms. The van der Waals surface area contributed by atoms with Gasteiger partial charge in [0.25, 0.3) is 5.91 Å². The molecule has 1 aromatic heterocycles. The number of carbonyl (C=O) groups is 2. The summed E-state index contributed by atoms with van der Waals surface area (Å²) in [6.45, 7) is 4.07. The van der Waals surface area contributed by atoms with Crippen molar-refractivity contribution in [2.75, 3.05) is 13.2 Å². The van der Waals surface area contributed by atoms with E-state index in [9.17, 15) is 9.59 Å². The van der Waals surface area contributed by atoms with Gasteiger partial charge in [0.2, 0.25) is 5.91 Å². The van der Waals surface area contributed by atoms with E-state index >= 15 is 0 Å². The van der Waals surface area contributed by atoms with E-state index in [1.54, 1.807) is 11.0 Å². The lowest BCUT2D eigenvalue weighted by Crippen LogP contribution is -2.37. The van der Waals surface area contributed by atoms with Crippen molar-refractivity contribution in [2.24, 2.45) is 5.92 Å². The van der Waals surface area contributed by atoms with Gasteiger partial charge in [0.1, 0.15) is 0 Å². The smallest absolute Gasteiger partial charge is 0.273 e. The van der Waals surface area contributed by atoms with Gasteiger partial charge in [-0.2, -0.15) is 0 Å². The fourth-order valence-corrected chi connectivity index (χ4v) is 3.52. The van der Waals surface area contributed by atoms with E-state index in [1.807, 2.05) is 31.2 Å². The molecule has 0 radical (unpaired) electrons. The number of hydrogen-bond donors (Lipinski definition) is 1. The number of ether oxygens (including phenoxy) is 1. The van der Waals surface area contributed by atoms with Crippen molar-refractivity contribution in [3.8, 4) is 0 Å². The summed E-state index contributed by atoms with van der Waals surface area (Å²) >= 11 is 0. The highest BCUT2D eigenvalue weighted by Gasteiger charge is 2.35. The average molecular weight is 397 g/mol. The summed E-state index contributed by atoms with van der Waals surface area (Å²) in [5.41, 5.74) is 2.42. The molecule has 2 fully saturated rings. The largest absolute Gasteiger partial charge is 0.376 e.